The van der Waals surface area contributed by atoms with Gasteiger partial charge >= 0.3 is 11.9 Å². The van der Waals surface area contributed by atoms with Crippen molar-refractivity contribution in [2.75, 3.05) is 20.0 Å². The van der Waals surface area contributed by atoms with Crippen LogP contribution in [0.4, 0.5) is 0 Å². The van der Waals surface area contributed by atoms with Crippen molar-refractivity contribution in [2.24, 2.45) is 4.99 Å². The monoisotopic (exact) mass is 670 g/mol. The summed E-state index contributed by atoms with van der Waals surface area (Å²) in [5.41, 5.74) is 2.61. The molecule has 3 aromatic carbocycles. The number of methoxy groups -OCH3 is 1. The van der Waals surface area contributed by atoms with E-state index in [9.17, 15) is 14.4 Å². The summed E-state index contributed by atoms with van der Waals surface area (Å²) in [5, 5.41) is 0.422. The fourth-order valence-electron chi connectivity index (χ4n) is 5.25. The number of esters is 2. The van der Waals surface area contributed by atoms with Crippen molar-refractivity contribution in [3.05, 3.63) is 138 Å². The van der Waals surface area contributed by atoms with Gasteiger partial charge in [0, 0.05) is 27.1 Å². The number of nitrogens with zero attached hydrogens (tertiary/aromatic N) is 2. The minimum Gasteiger partial charge on any atom is -0.465 e. The standard InChI is InChI=1S/C35H27ClN2O6S2/c1-4-43-34(41)29-30(20-8-6-5-7-9-20)37-35-38(31(29)21-10-14-24(45-3)15-11-21)32(39)28(46-35)19-23-13-17-27(44-23)26-18-22(36)12-16-25(26)33(40)42-2/h5-19,31H,4H2,1-3H3/b28-19+/t31-/m1/s1. The maximum Gasteiger partial charge on any atom is 0.338 e. The summed E-state index contributed by atoms with van der Waals surface area (Å²) >= 11 is 9.02. The summed E-state index contributed by atoms with van der Waals surface area (Å²) in [6.07, 6.45) is 3.61. The average molecular weight is 671 g/mol. The van der Waals surface area contributed by atoms with Crippen LogP contribution in [-0.4, -0.2) is 36.5 Å². The van der Waals surface area contributed by atoms with Crippen molar-refractivity contribution in [1.82, 2.24) is 4.57 Å². The summed E-state index contributed by atoms with van der Waals surface area (Å²) in [6, 6.07) is 24.6. The number of halogens is 1. The zero-order chi connectivity index (χ0) is 32.4. The number of furan rings is 1. The van der Waals surface area contributed by atoms with Crippen LogP contribution in [0.1, 0.15) is 40.2 Å². The van der Waals surface area contributed by atoms with E-state index in [0.29, 0.717) is 42.7 Å². The molecule has 0 radical (unpaired) electrons. The SMILES string of the molecule is CCOC(=O)C1=C(c2ccccc2)N=c2s/c(=C/c3ccc(-c4cc(Cl)ccc4C(=O)OC)o3)c(=O)n2[C@@H]1c1ccc(SC)cc1. The predicted octanol–water partition coefficient (Wildman–Crippen LogP) is 6.36. The molecule has 0 saturated carbocycles. The first-order valence-corrected chi connectivity index (χ1v) is 16.6. The molecule has 8 nitrogen and oxygen atoms in total. The van der Waals surface area contributed by atoms with E-state index in [1.807, 2.05) is 60.9 Å². The molecule has 5 aromatic rings. The molecule has 232 valence electrons. The molecular formula is C35H27ClN2O6S2. The molecule has 1 aliphatic rings. The topological polar surface area (TPSA) is 100 Å². The lowest BCUT2D eigenvalue weighted by Crippen LogP contribution is -2.40. The first-order valence-electron chi connectivity index (χ1n) is 14.2. The molecule has 0 N–H and O–H groups in total. The largest absolute Gasteiger partial charge is 0.465 e. The molecule has 0 fully saturated rings. The minimum absolute atomic E-state index is 0.165. The fourth-order valence-corrected chi connectivity index (χ4v) is 6.82. The van der Waals surface area contributed by atoms with Gasteiger partial charge in [0.1, 0.15) is 11.5 Å². The van der Waals surface area contributed by atoms with Gasteiger partial charge in [0.2, 0.25) is 0 Å². The molecule has 6 rings (SSSR count). The summed E-state index contributed by atoms with van der Waals surface area (Å²) < 4.78 is 18.4. The third-order valence-electron chi connectivity index (χ3n) is 7.36. The molecule has 2 aromatic heterocycles. The number of ether oxygens (including phenoxy) is 2. The molecular weight excluding hydrogens is 644 g/mol. The highest BCUT2D eigenvalue weighted by Gasteiger charge is 2.35. The van der Waals surface area contributed by atoms with Crippen LogP contribution < -0.4 is 14.9 Å². The summed E-state index contributed by atoms with van der Waals surface area (Å²) in [6.45, 7) is 1.91. The van der Waals surface area contributed by atoms with Crippen molar-refractivity contribution in [2.45, 2.75) is 17.9 Å². The first kappa shape index (κ1) is 31.3. The number of carbonyl (C=O) groups excluding carboxylic acids is 2. The van der Waals surface area contributed by atoms with Gasteiger partial charge in [0.05, 0.1) is 41.1 Å². The Morgan fingerprint density at radius 3 is 2.50 bits per heavy atom. The van der Waals surface area contributed by atoms with Gasteiger partial charge in [-0.15, -0.1) is 11.8 Å². The van der Waals surface area contributed by atoms with Crippen LogP contribution in [0.3, 0.4) is 0 Å². The van der Waals surface area contributed by atoms with E-state index in [0.717, 1.165) is 16.0 Å². The van der Waals surface area contributed by atoms with Crippen LogP contribution in [0, 0.1) is 0 Å². The number of carbonyl (C=O) groups is 2. The molecule has 1 atom stereocenters. The third kappa shape index (κ3) is 5.99. The van der Waals surface area contributed by atoms with Crippen molar-refractivity contribution in [1.29, 1.82) is 0 Å². The van der Waals surface area contributed by atoms with E-state index in [1.54, 1.807) is 59.7 Å². The van der Waals surface area contributed by atoms with Gasteiger partial charge in [0.15, 0.2) is 4.80 Å². The molecule has 0 amide bonds. The number of aromatic nitrogens is 1. The van der Waals surface area contributed by atoms with Crippen LogP contribution in [0.15, 0.2) is 110 Å². The number of fused-ring (bicyclic) bond motifs is 1. The minimum atomic E-state index is -0.787. The quantitative estimate of drug-likeness (QED) is 0.140. The smallest absolute Gasteiger partial charge is 0.338 e. The molecule has 0 unspecified atom stereocenters. The van der Waals surface area contributed by atoms with Crippen LogP contribution in [0.5, 0.6) is 0 Å². The Bertz CT molecular complexity index is 2160. The average Bonchev–Trinajstić information content (AvgIpc) is 3.68. The highest BCUT2D eigenvalue weighted by Crippen LogP contribution is 2.36. The van der Waals surface area contributed by atoms with E-state index in [4.69, 9.17) is 30.5 Å². The lowest BCUT2D eigenvalue weighted by Gasteiger charge is -2.26. The lowest BCUT2D eigenvalue weighted by molar-refractivity contribution is -0.138. The van der Waals surface area contributed by atoms with Gasteiger partial charge in [-0.25, -0.2) is 14.6 Å². The van der Waals surface area contributed by atoms with Gasteiger partial charge < -0.3 is 13.9 Å². The lowest BCUT2D eigenvalue weighted by atomic mass is 9.93. The van der Waals surface area contributed by atoms with E-state index < -0.39 is 18.0 Å². The van der Waals surface area contributed by atoms with Crippen LogP contribution in [0.25, 0.3) is 23.1 Å². The van der Waals surface area contributed by atoms with Crippen molar-refractivity contribution in [3.8, 4) is 11.3 Å². The van der Waals surface area contributed by atoms with Gasteiger partial charge in [-0.05, 0) is 61.2 Å². The predicted molar refractivity (Wildman–Crippen MR) is 180 cm³/mol. The first-order chi connectivity index (χ1) is 22.3. The Morgan fingerprint density at radius 1 is 1.04 bits per heavy atom. The maximum atomic E-state index is 14.2. The van der Waals surface area contributed by atoms with Crippen molar-refractivity contribution in [3.63, 3.8) is 0 Å². The van der Waals surface area contributed by atoms with E-state index in [2.05, 4.69) is 0 Å². The molecule has 0 spiro atoms. The summed E-state index contributed by atoms with van der Waals surface area (Å²) in [7, 11) is 1.30. The van der Waals surface area contributed by atoms with Gasteiger partial charge in [-0.2, -0.15) is 0 Å². The van der Waals surface area contributed by atoms with E-state index in [-0.39, 0.29) is 17.7 Å². The highest BCUT2D eigenvalue weighted by molar-refractivity contribution is 7.98. The number of hydrogen-bond donors (Lipinski definition) is 0. The Morgan fingerprint density at radius 2 is 1.80 bits per heavy atom. The zero-order valence-corrected chi connectivity index (χ0v) is 27.4. The highest BCUT2D eigenvalue weighted by atomic mass is 35.5. The number of benzene rings is 3. The van der Waals surface area contributed by atoms with Crippen LogP contribution >= 0.6 is 34.7 Å². The molecule has 0 saturated heterocycles. The fraction of sp³-hybridized carbons (Fsp3) is 0.143. The molecule has 0 bridgehead atoms. The zero-order valence-electron chi connectivity index (χ0n) is 25.0. The second-order valence-electron chi connectivity index (χ2n) is 10.1. The van der Waals surface area contributed by atoms with Crippen molar-refractivity contribution < 1.29 is 23.5 Å². The Labute approximate surface area is 277 Å². The normalized spacial score (nSPS) is 14.5. The van der Waals surface area contributed by atoms with Gasteiger partial charge in [0.25, 0.3) is 5.56 Å². The van der Waals surface area contributed by atoms with Gasteiger partial charge in [-0.1, -0.05) is 65.4 Å². The van der Waals surface area contributed by atoms with Crippen LogP contribution in [-0.2, 0) is 14.3 Å². The molecule has 11 heteroatoms. The van der Waals surface area contributed by atoms with Crippen molar-refractivity contribution >= 4 is 58.4 Å². The number of rotatable bonds is 8. The Balaban J connectivity index is 1.54. The molecule has 3 heterocycles. The Hall–Kier alpha value is -4.64. The summed E-state index contributed by atoms with van der Waals surface area (Å²) in [4.78, 5) is 46.6. The number of hydrogen-bond acceptors (Lipinski definition) is 9. The molecule has 1 aliphatic heterocycles. The van der Waals surface area contributed by atoms with E-state index in [1.165, 1.54) is 18.4 Å². The van der Waals surface area contributed by atoms with Crippen LogP contribution in [0.2, 0.25) is 5.02 Å². The van der Waals surface area contributed by atoms with Gasteiger partial charge in [-0.3, -0.25) is 9.36 Å². The second kappa shape index (κ2) is 13.4. The summed E-state index contributed by atoms with van der Waals surface area (Å²) in [5.74, 6) is -0.318. The second-order valence-corrected chi connectivity index (χ2v) is 12.4. The Kier molecular flexibility index (Phi) is 9.12. The third-order valence-corrected chi connectivity index (χ3v) is 9.32. The molecule has 0 aliphatic carbocycles. The van der Waals surface area contributed by atoms with E-state index >= 15 is 0 Å². The number of thioether (sulfide) groups is 1. The number of thiazole rings is 1. The maximum absolute atomic E-state index is 14.2. The molecule has 46 heavy (non-hydrogen) atoms.